The van der Waals surface area contributed by atoms with Gasteiger partial charge in [0.25, 0.3) is 0 Å². The summed E-state index contributed by atoms with van der Waals surface area (Å²) >= 11 is 6.08. The highest BCUT2D eigenvalue weighted by Crippen LogP contribution is 2.27. The Morgan fingerprint density at radius 1 is 1.22 bits per heavy atom. The molecule has 0 saturated heterocycles. The molecule has 2 aromatic carbocycles. The number of hydrogen-bond acceptors (Lipinski definition) is 1. The van der Waals surface area contributed by atoms with E-state index in [0.717, 1.165) is 22.2 Å². The fourth-order valence-corrected chi connectivity index (χ4v) is 2.23. The molecule has 0 fully saturated rings. The number of imidazole rings is 1. The first-order valence-corrected chi connectivity index (χ1v) is 5.94. The number of benzene rings is 2. The molecule has 1 aromatic heterocycles. The minimum absolute atomic E-state index is 0.245. The topological polar surface area (TPSA) is 28.7 Å². The number of aryl methyl sites for hydroxylation is 1. The van der Waals surface area contributed by atoms with Gasteiger partial charge in [-0.05, 0) is 42.8 Å². The first-order valence-electron chi connectivity index (χ1n) is 5.56. The van der Waals surface area contributed by atoms with Gasteiger partial charge in [0.1, 0.15) is 17.2 Å². The molecule has 3 rings (SSSR count). The Morgan fingerprint density at radius 2 is 2.06 bits per heavy atom. The lowest BCUT2D eigenvalue weighted by Gasteiger charge is -2.01. The van der Waals surface area contributed by atoms with Gasteiger partial charge < -0.3 is 4.98 Å². The average molecular weight is 261 g/mol. The third-order valence-corrected chi connectivity index (χ3v) is 3.21. The quantitative estimate of drug-likeness (QED) is 0.693. The van der Waals surface area contributed by atoms with Gasteiger partial charge in [0.15, 0.2) is 0 Å². The average Bonchev–Trinajstić information content (AvgIpc) is 2.74. The standard InChI is InChI=1S/C14H10ClFN2/c1-8-7-9(16)5-6-10(8)14-17-12-4-2-3-11(15)13(12)18-14/h2-7H,1H3,(H,17,18). The fraction of sp³-hybridized carbons (Fsp3) is 0.0714. The van der Waals surface area contributed by atoms with Crippen LogP contribution in [0.1, 0.15) is 5.56 Å². The van der Waals surface area contributed by atoms with Gasteiger partial charge in [-0.25, -0.2) is 9.37 Å². The summed E-state index contributed by atoms with van der Waals surface area (Å²) in [5, 5.41) is 0.606. The zero-order chi connectivity index (χ0) is 12.7. The zero-order valence-corrected chi connectivity index (χ0v) is 10.4. The van der Waals surface area contributed by atoms with Gasteiger partial charge >= 0.3 is 0 Å². The number of nitrogens with one attached hydrogen (secondary N) is 1. The molecule has 0 radical (unpaired) electrons. The van der Waals surface area contributed by atoms with Gasteiger partial charge in [0.05, 0.1) is 10.5 Å². The van der Waals surface area contributed by atoms with Gasteiger partial charge in [0.2, 0.25) is 0 Å². The molecule has 0 aliphatic heterocycles. The predicted molar refractivity (Wildman–Crippen MR) is 71.2 cm³/mol. The van der Waals surface area contributed by atoms with Crippen molar-refractivity contribution in [3.63, 3.8) is 0 Å². The molecule has 0 spiro atoms. The van der Waals surface area contributed by atoms with Crippen molar-refractivity contribution >= 4 is 22.6 Å². The van der Waals surface area contributed by atoms with Crippen LogP contribution in [-0.4, -0.2) is 9.97 Å². The van der Waals surface area contributed by atoms with Crippen LogP contribution in [-0.2, 0) is 0 Å². The van der Waals surface area contributed by atoms with Crippen molar-refractivity contribution in [1.29, 1.82) is 0 Å². The molecule has 0 atom stereocenters. The molecular formula is C14H10ClFN2. The molecule has 1 heterocycles. The van der Waals surface area contributed by atoms with Crippen LogP contribution in [0, 0.1) is 12.7 Å². The van der Waals surface area contributed by atoms with E-state index in [0.29, 0.717) is 10.8 Å². The molecule has 4 heteroatoms. The number of rotatable bonds is 1. The summed E-state index contributed by atoms with van der Waals surface area (Å²) in [7, 11) is 0. The predicted octanol–water partition coefficient (Wildman–Crippen LogP) is 4.33. The molecule has 0 saturated carbocycles. The Kier molecular flexibility index (Phi) is 2.56. The summed E-state index contributed by atoms with van der Waals surface area (Å²) < 4.78 is 13.1. The second-order valence-electron chi connectivity index (χ2n) is 4.18. The maximum Gasteiger partial charge on any atom is 0.138 e. The number of aromatic nitrogens is 2. The van der Waals surface area contributed by atoms with Crippen LogP contribution in [0.3, 0.4) is 0 Å². The number of para-hydroxylation sites is 1. The Bertz CT molecular complexity index is 734. The Morgan fingerprint density at radius 3 is 2.78 bits per heavy atom. The summed E-state index contributed by atoms with van der Waals surface area (Å²) in [5.41, 5.74) is 3.33. The molecular weight excluding hydrogens is 251 g/mol. The SMILES string of the molecule is Cc1cc(F)ccc1-c1nc2c(Cl)cccc2[nH]1. The van der Waals surface area contributed by atoms with Gasteiger partial charge in [-0.1, -0.05) is 17.7 Å². The highest BCUT2D eigenvalue weighted by Gasteiger charge is 2.10. The highest BCUT2D eigenvalue weighted by molar-refractivity contribution is 6.35. The van der Waals surface area contributed by atoms with E-state index in [-0.39, 0.29) is 5.82 Å². The van der Waals surface area contributed by atoms with Crippen LogP contribution < -0.4 is 0 Å². The van der Waals surface area contributed by atoms with E-state index < -0.39 is 0 Å². The first kappa shape index (κ1) is 11.2. The molecule has 0 aliphatic rings. The number of nitrogens with zero attached hydrogens (tertiary/aromatic N) is 1. The van der Waals surface area contributed by atoms with Crippen LogP contribution in [0.5, 0.6) is 0 Å². The molecule has 18 heavy (non-hydrogen) atoms. The van der Waals surface area contributed by atoms with E-state index in [1.807, 2.05) is 19.1 Å². The second-order valence-corrected chi connectivity index (χ2v) is 4.59. The van der Waals surface area contributed by atoms with Gasteiger partial charge in [-0.3, -0.25) is 0 Å². The van der Waals surface area contributed by atoms with Gasteiger partial charge in [-0.2, -0.15) is 0 Å². The second kappa shape index (κ2) is 4.10. The van der Waals surface area contributed by atoms with Crippen molar-refractivity contribution in [2.45, 2.75) is 6.92 Å². The van der Waals surface area contributed by atoms with Gasteiger partial charge in [0, 0.05) is 5.56 Å². The lowest BCUT2D eigenvalue weighted by molar-refractivity contribution is 0.627. The normalized spacial score (nSPS) is 11.1. The summed E-state index contributed by atoms with van der Waals surface area (Å²) in [4.78, 5) is 7.66. The van der Waals surface area contributed by atoms with Crippen LogP contribution in [0.15, 0.2) is 36.4 Å². The summed E-state index contributed by atoms with van der Waals surface area (Å²) in [5.74, 6) is 0.459. The van der Waals surface area contributed by atoms with Gasteiger partial charge in [-0.15, -0.1) is 0 Å². The van der Waals surface area contributed by atoms with Crippen LogP contribution in [0.25, 0.3) is 22.4 Å². The summed E-state index contributed by atoms with van der Waals surface area (Å²) in [6.45, 7) is 1.85. The maximum atomic E-state index is 13.1. The van der Waals surface area contributed by atoms with Crippen molar-refractivity contribution < 1.29 is 4.39 Å². The lowest BCUT2D eigenvalue weighted by Crippen LogP contribution is -1.86. The Hall–Kier alpha value is -1.87. The van der Waals surface area contributed by atoms with Crippen molar-refractivity contribution in [2.75, 3.05) is 0 Å². The maximum absolute atomic E-state index is 13.1. The van der Waals surface area contributed by atoms with E-state index in [4.69, 9.17) is 11.6 Å². The third-order valence-electron chi connectivity index (χ3n) is 2.91. The van der Waals surface area contributed by atoms with Crippen LogP contribution in [0.4, 0.5) is 4.39 Å². The molecule has 1 N–H and O–H groups in total. The van der Waals surface area contributed by atoms with E-state index in [9.17, 15) is 4.39 Å². The molecule has 2 nitrogen and oxygen atoms in total. The van der Waals surface area contributed by atoms with Crippen molar-refractivity contribution in [3.05, 3.63) is 52.8 Å². The molecule has 0 aliphatic carbocycles. The van der Waals surface area contributed by atoms with E-state index in [1.54, 1.807) is 12.1 Å². The summed E-state index contributed by atoms with van der Waals surface area (Å²) in [6, 6.07) is 10.2. The highest BCUT2D eigenvalue weighted by atomic mass is 35.5. The largest absolute Gasteiger partial charge is 0.338 e. The van der Waals surface area contributed by atoms with Crippen molar-refractivity contribution in [3.8, 4) is 11.4 Å². The third kappa shape index (κ3) is 1.77. The fourth-order valence-electron chi connectivity index (χ4n) is 2.02. The Labute approximate surface area is 108 Å². The van der Waals surface area contributed by atoms with Crippen molar-refractivity contribution in [2.24, 2.45) is 0 Å². The number of fused-ring (bicyclic) bond motifs is 1. The number of aromatic amines is 1. The van der Waals surface area contributed by atoms with E-state index >= 15 is 0 Å². The molecule has 0 amide bonds. The van der Waals surface area contributed by atoms with Crippen LogP contribution in [0.2, 0.25) is 5.02 Å². The minimum atomic E-state index is -0.245. The summed E-state index contributed by atoms with van der Waals surface area (Å²) in [6.07, 6.45) is 0. The van der Waals surface area contributed by atoms with Crippen LogP contribution >= 0.6 is 11.6 Å². The monoisotopic (exact) mass is 260 g/mol. The number of halogens is 2. The molecule has 90 valence electrons. The van der Waals surface area contributed by atoms with E-state index in [2.05, 4.69) is 9.97 Å². The minimum Gasteiger partial charge on any atom is -0.338 e. The number of H-pyrrole nitrogens is 1. The Balaban J connectivity index is 2.23. The van der Waals surface area contributed by atoms with Crippen molar-refractivity contribution in [1.82, 2.24) is 9.97 Å². The molecule has 3 aromatic rings. The first-order chi connectivity index (χ1) is 8.65. The lowest BCUT2D eigenvalue weighted by atomic mass is 10.1. The molecule has 0 unspecified atom stereocenters. The number of hydrogen-bond donors (Lipinski definition) is 1. The molecule has 0 bridgehead atoms. The zero-order valence-electron chi connectivity index (χ0n) is 9.67. The smallest absolute Gasteiger partial charge is 0.138 e. The van der Waals surface area contributed by atoms with E-state index in [1.165, 1.54) is 12.1 Å².